The summed E-state index contributed by atoms with van der Waals surface area (Å²) in [4.78, 5) is 22.9. The number of phenols is 1. The number of esters is 1. The fraction of sp³-hybridized carbons (Fsp3) is 0.385. The summed E-state index contributed by atoms with van der Waals surface area (Å²) >= 11 is -0.829. The predicted octanol–water partition coefficient (Wildman–Crippen LogP) is -2.45. The van der Waals surface area contributed by atoms with Crippen LogP contribution in [0.4, 0.5) is 4.79 Å². The number of phenolic OH excluding ortho intramolecular Hbond substituents is 1. The van der Waals surface area contributed by atoms with E-state index in [1.54, 1.807) is 13.0 Å². The molecule has 0 fully saturated rings. The number of aromatic hydroxyl groups is 1. The molecule has 0 heterocycles. The van der Waals surface area contributed by atoms with Gasteiger partial charge in [-0.15, -0.1) is 0 Å². The molecule has 0 aliphatic rings. The average molecular weight is 409 g/mol. The molecule has 0 bridgehead atoms. The molecule has 4 N–H and O–H groups in total. The number of alkyl halides is 1. The van der Waals surface area contributed by atoms with Gasteiger partial charge in [-0.3, -0.25) is 0 Å². The van der Waals surface area contributed by atoms with Gasteiger partial charge in [0.25, 0.3) is 0 Å². The van der Waals surface area contributed by atoms with Gasteiger partial charge in [0.2, 0.25) is 0 Å². The van der Waals surface area contributed by atoms with Crippen molar-refractivity contribution in [3.63, 3.8) is 0 Å². The second-order valence-corrected chi connectivity index (χ2v) is 6.27. The fourth-order valence-corrected chi connectivity index (χ4v) is 2.87. The van der Waals surface area contributed by atoms with Crippen LogP contribution in [0.5, 0.6) is 11.5 Å². The zero-order valence-electron chi connectivity index (χ0n) is 11.8. The second kappa shape index (κ2) is 8.67. The number of methoxy groups -OCH3 is 1. The van der Waals surface area contributed by atoms with Crippen molar-refractivity contribution in [2.24, 2.45) is 3.95 Å². The second-order valence-electron chi connectivity index (χ2n) is 4.04. The van der Waals surface area contributed by atoms with Crippen molar-refractivity contribution in [3.8, 4) is 11.5 Å². The Balaban J connectivity index is 2.85. The summed E-state index contributed by atoms with van der Waals surface area (Å²) in [5, 5.41) is 12.1. The third kappa shape index (κ3) is 5.38. The normalized spacial score (nSPS) is 11.8. The van der Waals surface area contributed by atoms with E-state index in [0.717, 1.165) is 5.56 Å². The number of nitrogens with two attached hydrogens (primary N) is 1. The molecule has 1 atom stereocenters. The zero-order valence-corrected chi connectivity index (χ0v) is 13.9. The number of hydrogen-bond acceptors (Lipinski definition) is 6. The molecule has 0 saturated carbocycles. The van der Waals surface area contributed by atoms with E-state index in [4.69, 9.17) is 8.68 Å². The summed E-state index contributed by atoms with van der Waals surface area (Å²) in [7, 11) is 1.31. The molecular weight excluding hydrogens is 391 g/mol. The molecule has 1 aromatic carbocycles. The van der Waals surface area contributed by atoms with Gasteiger partial charge in [-0.05, 0) is 0 Å². The number of carbonyl (C=O) groups excluding carboxylic acids is 2. The number of benzene rings is 1. The van der Waals surface area contributed by atoms with Gasteiger partial charge in [0, 0.05) is 0 Å². The molecule has 0 radical (unpaired) electrons. The first kappa shape index (κ1) is 17.5. The van der Waals surface area contributed by atoms with Crippen molar-refractivity contribution in [1.29, 1.82) is 0 Å². The van der Waals surface area contributed by atoms with Crippen molar-refractivity contribution in [3.05, 3.63) is 23.8 Å². The number of rotatable bonds is 6. The van der Waals surface area contributed by atoms with Crippen LogP contribution >= 0.6 is 0 Å². The summed E-state index contributed by atoms with van der Waals surface area (Å²) < 4.78 is 15.0. The SMILES string of the molecule is CCNC(=O)Oc1cc(C[C@H]([I-]N)C(=O)OC)ccc1O. The third-order valence-corrected chi connectivity index (χ3v) is 4.39. The Kier molecular flexibility index (Phi) is 7.23. The molecule has 7 nitrogen and oxygen atoms in total. The maximum atomic E-state index is 11.5. The molecule has 0 spiro atoms. The van der Waals surface area contributed by atoms with Crippen LogP contribution in [0.2, 0.25) is 0 Å². The number of nitrogens with one attached hydrogen (secondary N) is 1. The number of carbonyl (C=O) groups is 2. The number of amides is 1. The van der Waals surface area contributed by atoms with Crippen molar-refractivity contribution in [2.75, 3.05) is 13.7 Å². The van der Waals surface area contributed by atoms with Crippen LogP contribution in [0.3, 0.4) is 0 Å². The summed E-state index contributed by atoms with van der Waals surface area (Å²) in [6, 6.07) is 4.57. The predicted molar refractivity (Wildman–Crippen MR) is 71.5 cm³/mol. The molecule has 1 amide bonds. The first-order valence-corrected chi connectivity index (χ1v) is 8.68. The Hall–Kier alpha value is -1.55. The summed E-state index contributed by atoms with van der Waals surface area (Å²) in [6.07, 6.45) is -0.275. The van der Waals surface area contributed by atoms with Gasteiger partial charge in [0.1, 0.15) is 0 Å². The van der Waals surface area contributed by atoms with Gasteiger partial charge in [0.15, 0.2) is 0 Å². The van der Waals surface area contributed by atoms with E-state index in [9.17, 15) is 14.7 Å². The Morgan fingerprint density at radius 2 is 2.19 bits per heavy atom. The molecule has 0 aliphatic carbocycles. The Morgan fingerprint density at radius 3 is 2.76 bits per heavy atom. The van der Waals surface area contributed by atoms with E-state index in [1.807, 2.05) is 0 Å². The van der Waals surface area contributed by atoms with E-state index < -0.39 is 27.6 Å². The number of halogens is 1. The Morgan fingerprint density at radius 1 is 1.48 bits per heavy atom. The molecule has 118 valence electrons. The van der Waals surface area contributed by atoms with Crippen LogP contribution in [0.15, 0.2) is 18.2 Å². The van der Waals surface area contributed by atoms with Crippen LogP contribution in [0.1, 0.15) is 12.5 Å². The minimum atomic E-state index is -0.829. The maximum absolute atomic E-state index is 11.5. The van der Waals surface area contributed by atoms with E-state index in [2.05, 4.69) is 10.1 Å². The summed E-state index contributed by atoms with van der Waals surface area (Å²) in [6.45, 7) is 2.17. The van der Waals surface area contributed by atoms with E-state index in [-0.39, 0.29) is 21.4 Å². The van der Waals surface area contributed by atoms with Gasteiger partial charge in [-0.1, -0.05) is 0 Å². The minimum absolute atomic E-state index is 0.0392. The van der Waals surface area contributed by atoms with Gasteiger partial charge in [-0.2, -0.15) is 0 Å². The van der Waals surface area contributed by atoms with E-state index >= 15 is 0 Å². The molecule has 1 rings (SSSR count). The Labute approximate surface area is 133 Å². The quantitative estimate of drug-likeness (QED) is 0.208. The number of hydrogen-bond donors (Lipinski definition) is 3. The van der Waals surface area contributed by atoms with Crippen LogP contribution < -0.4 is 35.5 Å². The van der Waals surface area contributed by atoms with Crippen LogP contribution in [-0.2, 0) is 16.0 Å². The topological polar surface area (TPSA) is 111 Å². The zero-order chi connectivity index (χ0) is 15.8. The molecule has 8 heteroatoms. The summed E-state index contributed by atoms with van der Waals surface area (Å²) in [5.74, 6) is -0.469. The molecule has 1 aromatic rings. The summed E-state index contributed by atoms with van der Waals surface area (Å²) in [5.41, 5.74) is 0.729. The van der Waals surface area contributed by atoms with E-state index in [1.165, 1.54) is 19.2 Å². The van der Waals surface area contributed by atoms with Gasteiger partial charge in [0.05, 0.1) is 0 Å². The van der Waals surface area contributed by atoms with Gasteiger partial charge in [-0.25, -0.2) is 0 Å². The van der Waals surface area contributed by atoms with Crippen molar-refractivity contribution in [1.82, 2.24) is 5.32 Å². The van der Waals surface area contributed by atoms with Crippen LogP contribution in [0, 0.1) is 0 Å². The van der Waals surface area contributed by atoms with E-state index in [0.29, 0.717) is 13.0 Å². The molecule has 21 heavy (non-hydrogen) atoms. The molecular formula is C13H18IN2O5-. The first-order valence-electron chi connectivity index (χ1n) is 6.19. The molecule has 0 saturated heterocycles. The van der Waals surface area contributed by atoms with Crippen LogP contribution in [-0.4, -0.2) is 34.7 Å². The van der Waals surface area contributed by atoms with Crippen molar-refractivity contribution >= 4 is 12.1 Å². The van der Waals surface area contributed by atoms with Gasteiger partial charge < -0.3 is 0 Å². The molecule has 0 aliphatic heterocycles. The molecule has 0 aromatic heterocycles. The van der Waals surface area contributed by atoms with Crippen molar-refractivity contribution < 1.29 is 45.6 Å². The Bertz CT molecular complexity index is 509. The molecule has 0 unspecified atom stereocenters. The number of ether oxygens (including phenoxy) is 2. The average Bonchev–Trinajstić information content (AvgIpc) is 2.47. The third-order valence-electron chi connectivity index (χ3n) is 2.57. The monoisotopic (exact) mass is 409 g/mol. The fourth-order valence-electron chi connectivity index (χ4n) is 1.56. The first-order chi connectivity index (χ1) is 10.0. The van der Waals surface area contributed by atoms with Crippen molar-refractivity contribution in [2.45, 2.75) is 17.3 Å². The van der Waals surface area contributed by atoms with Gasteiger partial charge >= 0.3 is 133 Å². The van der Waals surface area contributed by atoms with Crippen LogP contribution in [0.25, 0.3) is 0 Å². The standard InChI is InChI=1S/C13H18IN2O5/c1-3-16-13(19)21-11-7-8(4-5-10(11)17)6-9(14-15)12(18)20-2/h4-5,7,9,17H,3,6,15H2,1-2H3,(H,16,19)/q-1/t9-/m0/s1.